The highest BCUT2D eigenvalue weighted by Gasteiger charge is 2.54. The number of hydrogen-bond acceptors (Lipinski definition) is 3. The summed E-state index contributed by atoms with van der Waals surface area (Å²) in [6.07, 6.45) is 7.53. The van der Waals surface area contributed by atoms with Crippen LogP contribution in [0.1, 0.15) is 55.3 Å². The van der Waals surface area contributed by atoms with Crippen LogP contribution in [0.5, 0.6) is 0 Å². The highest BCUT2D eigenvalue weighted by atomic mass is 19.1. The molecule has 1 atom stereocenters. The topological polar surface area (TPSA) is 55.2 Å². The standard InChI is InChI=1S/C23H26FN3O2/c24-18-9-7-17(8-10-18)23(11-12-23)22(29)26-13-3-5-19(26)15-27-21(28)14-16-4-1-2-6-20(16)25-27/h7-10,14,19H,1-6,11-13,15H2. The maximum atomic E-state index is 13.5. The summed E-state index contributed by atoms with van der Waals surface area (Å²) >= 11 is 0. The molecule has 1 amide bonds. The van der Waals surface area contributed by atoms with E-state index in [4.69, 9.17) is 0 Å². The number of carbonyl (C=O) groups excluding carboxylic acids is 1. The third kappa shape index (κ3) is 3.28. The fourth-order valence-electron chi connectivity index (χ4n) is 5.02. The fourth-order valence-corrected chi connectivity index (χ4v) is 5.02. The number of benzene rings is 1. The molecule has 1 aliphatic heterocycles. The van der Waals surface area contributed by atoms with Crippen LogP contribution in [0.15, 0.2) is 35.1 Å². The normalized spacial score (nSPS) is 22.4. The quantitative estimate of drug-likeness (QED) is 0.800. The number of carbonyl (C=O) groups is 1. The van der Waals surface area contributed by atoms with E-state index in [1.54, 1.807) is 22.9 Å². The lowest BCUT2D eigenvalue weighted by atomic mass is 9.94. The Bertz CT molecular complexity index is 994. The van der Waals surface area contributed by atoms with Crippen molar-refractivity contribution in [3.63, 3.8) is 0 Å². The summed E-state index contributed by atoms with van der Waals surface area (Å²) < 4.78 is 14.9. The number of nitrogens with zero attached hydrogens (tertiary/aromatic N) is 3. The van der Waals surface area contributed by atoms with Gasteiger partial charge in [-0.2, -0.15) is 5.10 Å². The molecule has 0 radical (unpaired) electrons. The van der Waals surface area contributed by atoms with Gasteiger partial charge >= 0.3 is 0 Å². The lowest BCUT2D eigenvalue weighted by molar-refractivity contribution is -0.135. The maximum Gasteiger partial charge on any atom is 0.267 e. The average molecular weight is 395 g/mol. The van der Waals surface area contributed by atoms with Gasteiger partial charge in [0, 0.05) is 12.6 Å². The van der Waals surface area contributed by atoms with Crippen LogP contribution >= 0.6 is 0 Å². The van der Waals surface area contributed by atoms with Gasteiger partial charge in [-0.3, -0.25) is 9.59 Å². The smallest absolute Gasteiger partial charge is 0.267 e. The van der Waals surface area contributed by atoms with Crippen molar-refractivity contribution in [2.24, 2.45) is 0 Å². The summed E-state index contributed by atoms with van der Waals surface area (Å²) in [5, 5.41) is 4.64. The van der Waals surface area contributed by atoms with Gasteiger partial charge in [0.2, 0.25) is 5.91 Å². The Morgan fingerprint density at radius 1 is 1.14 bits per heavy atom. The monoisotopic (exact) mass is 395 g/mol. The largest absolute Gasteiger partial charge is 0.337 e. The molecule has 2 fully saturated rings. The maximum absolute atomic E-state index is 13.5. The number of rotatable bonds is 4. The van der Waals surface area contributed by atoms with Crippen LogP contribution in [0, 0.1) is 5.82 Å². The first-order valence-corrected chi connectivity index (χ1v) is 10.7. The van der Waals surface area contributed by atoms with Crippen molar-refractivity contribution in [1.29, 1.82) is 0 Å². The lowest BCUT2D eigenvalue weighted by Gasteiger charge is -2.29. The number of aryl methyl sites for hydroxylation is 2. The molecular weight excluding hydrogens is 369 g/mol. The van der Waals surface area contributed by atoms with Gasteiger partial charge in [0.1, 0.15) is 5.82 Å². The van der Waals surface area contributed by atoms with Crippen LogP contribution in [0.4, 0.5) is 4.39 Å². The first-order chi connectivity index (χ1) is 14.1. The highest BCUT2D eigenvalue weighted by Crippen LogP contribution is 2.50. The van der Waals surface area contributed by atoms with Crippen LogP contribution in [0.2, 0.25) is 0 Å². The molecule has 1 aromatic carbocycles. The van der Waals surface area contributed by atoms with Crippen molar-refractivity contribution in [2.75, 3.05) is 6.54 Å². The first-order valence-electron chi connectivity index (χ1n) is 10.7. The molecule has 5 rings (SSSR count). The van der Waals surface area contributed by atoms with E-state index in [9.17, 15) is 14.0 Å². The van der Waals surface area contributed by atoms with Crippen molar-refractivity contribution in [1.82, 2.24) is 14.7 Å². The van der Waals surface area contributed by atoms with Gasteiger partial charge in [-0.1, -0.05) is 12.1 Å². The molecule has 0 bridgehead atoms. The fraction of sp³-hybridized carbons (Fsp3) is 0.522. The third-order valence-electron chi connectivity index (χ3n) is 6.85. The zero-order valence-electron chi connectivity index (χ0n) is 16.6. The minimum absolute atomic E-state index is 0.00716. The Balaban J connectivity index is 1.37. The van der Waals surface area contributed by atoms with E-state index >= 15 is 0 Å². The number of fused-ring (bicyclic) bond motifs is 1. The summed E-state index contributed by atoms with van der Waals surface area (Å²) in [5.74, 6) is -0.161. The van der Waals surface area contributed by atoms with Crippen molar-refractivity contribution >= 4 is 5.91 Å². The molecule has 2 aromatic rings. The molecule has 1 aromatic heterocycles. The molecule has 1 saturated carbocycles. The average Bonchev–Trinajstić information content (AvgIpc) is 3.41. The number of hydrogen-bond donors (Lipinski definition) is 0. The molecule has 2 aliphatic carbocycles. The van der Waals surface area contributed by atoms with Gasteiger partial charge in [-0.05, 0) is 74.6 Å². The summed E-state index contributed by atoms with van der Waals surface area (Å²) in [7, 11) is 0. The highest BCUT2D eigenvalue weighted by molar-refractivity contribution is 5.91. The van der Waals surface area contributed by atoms with Crippen LogP contribution in [0.3, 0.4) is 0 Å². The minimum Gasteiger partial charge on any atom is -0.337 e. The number of amides is 1. The third-order valence-corrected chi connectivity index (χ3v) is 6.85. The molecule has 5 nitrogen and oxygen atoms in total. The van der Waals surface area contributed by atoms with Gasteiger partial charge < -0.3 is 4.90 Å². The predicted molar refractivity (Wildman–Crippen MR) is 107 cm³/mol. The van der Waals surface area contributed by atoms with Gasteiger partial charge in [-0.15, -0.1) is 0 Å². The van der Waals surface area contributed by atoms with Gasteiger partial charge in [0.15, 0.2) is 0 Å². The molecule has 1 unspecified atom stereocenters. The minimum atomic E-state index is -0.509. The molecule has 29 heavy (non-hydrogen) atoms. The van der Waals surface area contributed by atoms with Crippen molar-refractivity contribution < 1.29 is 9.18 Å². The van der Waals surface area contributed by atoms with Gasteiger partial charge in [0.25, 0.3) is 5.56 Å². The van der Waals surface area contributed by atoms with E-state index in [-0.39, 0.29) is 23.3 Å². The Labute approximate surface area is 169 Å². The molecule has 2 heterocycles. The van der Waals surface area contributed by atoms with E-state index in [0.717, 1.165) is 68.2 Å². The number of halogens is 1. The van der Waals surface area contributed by atoms with E-state index in [1.165, 1.54) is 12.1 Å². The Kier molecular flexibility index (Phi) is 4.52. The molecule has 0 N–H and O–H groups in total. The second kappa shape index (κ2) is 7.08. The van der Waals surface area contributed by atoms with Crippen molar-refractivity contribution in [2.45, 2.75) is 69.4 Å². The zero-order chi connectivity index (χ0) is 20.0. The summed E-state index contributed by atoms with van der Waals surface area (Å²) in [6.45, 7) is 1.17. The Hall–Kier alpha value is -2.50. The van der Waals surface area contributed by atoms with Crippen molar-refractivity contribution in [3.05, 3.63) is 63.3 Å². The lowest BCUT2D eigenvalue weighted by Crippen LogP contribution is -2.45. The predicted octanol–water partition coefficient (Wildman–Crippen LogP) is 2.98. The molecule has 6 heteroatoms. The van der Waals surface area contributed by atoms with Crippen LogP contribution in [-0.2, 0) is 29.6 Å². The van der Waals surface area contributed by atoms with Crippen LogP contribution < -0.4 is 5.56 Å². The zero-order valence-corrected chi connectivity index (χ0v) is 16.6. The molecule has 152 valence electrons. The summed E-state index contributed by atoms with van der Waals surface area (Å²) in [4.78, 5) is 28.0. The van der Waals surface area contributed by atoms with E-state index in [1.807, 2.05) is 4.90 Å². The van der Waals surface area contributed by atoms with Crippen molar-refractivity contribution in [3.8, 4) is 0 Å². The van der Waals surface area contributed by atoms with Crippen LogP contribution in [0.25, 0.3) is 0 Å². The molecular formula is C23H26FN3O2. The second-order valence-corrected chi connectivity index (χ2v) is 8.73. The van der Waals surface area contributed by atoms with E-state index in [2.05, 4.69) is 5.10 Å². The number of likely N-dealkylation sites (tertiary alicyclic amines) is 1. The molecule has 0 spiro atoms. The second-order valence-electron chi connectivity index (χ2n) is 8.73. The summed E-state index contributed by atoms with van der Waals surface area (Å²) in [6, 6.07) is 8.07. The Morgan fingerprint density at radius 2 is 1.90 bits per heavy atom. The Morgan fingerprint density at radius 3 is 2.66 bits per heavy atom. The van der Waals surface area contributed by atoms with E-state index < -0.39 is 5.41 Å². The number of aromatic nitrogens is 2. The van der Waals surface area contributed by atoms with Gasteiger partial charge in [-0.25, -0.2) is 9.07 Å². The molecule has 1 saturated heterocycles. The molecule has 3 aliphatic rings. The van der Waals surface area contributed by atoms with E-state index in [0.29, 0.717) is 13.1 Å². The van der Waals surface area contributed by atoms with Gasteiger partial charge in [0.05, 0.1) is 23.7 Å². The SMILES string of the molecule is O=C(N1CCCC1Cn1nc2c(cc1=O)CCCC2)C1(c2ccc(F)cc2)CC1. The van der Waals surface area contributed by atoms with Crippen LogP contribution in [-0.4, -0.2) is 33.2 Å². The summed E-state index contributed by atoms with van der Waals surface area (Å²) in [5.41, 5.74) is 2.45. The first kappa shape index (κ1) is 18.5.